The van der Waals surface area contributed by atoms with Gasteiger partial charge in [0.1, 0.15) is 0 Å². The van der Waals surface area contributed by atoms with Gasteiger partial charge in [0.2, 0.25) is 0 Å². The monoisotopic (exact) mass is 588 g/mol. The second kappa shape index (κ2) is 12.0. The van der Waals surface area contributed by atoms with Crippen molar-refractivity contribution in [3.63, 3.8) is 0 Å². The van der Waals surface area contributed by atoms with Crippen LogP contribution in [0.4, 0.5) is 0 Å². The highest BCUT2D eigenvalue weighted by molar-refractivity contribution is 5.94. The molecule has 0 fully saturated rings. The van der Waals surface area contributed by atoms with Gasteiger partial charge in [-0.15, -0.1) is 0 Å². The van der Waals surface area contributed by atoms with Crippen LogP contribution in [-0.2, 0) is 0 Å². The SMILES string of the molecule is c1ccc(-c2nc(-c3cc(-c4ccc(-c5ccccn5)cc4)cc(-c4ccc(-c5ccccn5)cc4)c3)nc3ccccc23)cc1. The predicted octanol–water partition coefficient (Wildman–Crippen LogP) is 10.4. The summed E-state index contributed by atoms with van der Waals surface area (Å²) in [4.78, 5) is 19.3. The van der Waals surface area contributed by atoms with Crippen LogP contribution in [0.2, 0.25) is 0 Å². The Hall–Kier alpha value is -6.26. The third-order valence-corrected chi connectivity index (χ3v) is 8.20. The Morgan fingerprint density at radius 3 is 1.39 bits per heavy atom. The van der Waals surface area contributed by atoms with Gasteiger partial charge in [-0.05, 0) is 70.8 Å². The van der Waals surface area contributed by atoms with Crippen molar-refractivity contribution in [2.75, 3.05) is 0 Å². The van der Waals surface area contributed by atoms with Crippen LogP contribution >= 0.6 is 0 Å². The Morgan fingerprint density at radius 1 is 0.326 bits per heavy atom. The van der Waals surface area contributed by atoms with Crippen LogP contribution in [-0.4, -0.2) is 19.9 Å². The minimum Gasteiger partial charge on any atom is -0.256 e. The largest absolute Gasteiger partial charge is 0.256 e. The maximum atomic E-state index is 5.19. The third kappa shape index (κ3) is 5.44. The zero-order valence-electron chi connectivity index (χ0n) is 25.0. The van der Waals surface area contributed by atoms with Crippen LogP contribution in [0.15, 0.2) is 170 Å². The molecule has 0 aliphatic heterocycles. The van der Waals surface area contributed by atoms with Gasteiger partial charge in [-0.1, -0.05) is 109 Å². The first-order valence-electron chi connectivity index (χ1n) is 15.3. The summed E-state index contributed by atoms with van der Waals surface area (Å²) in [6, 6.07) is 54.3. The van der Waals surface area contributed by atoms with E-state index in [9.17, 15) is 0 Å². The van der Waals surface area contributed by atoms with Gasteiger partial charge in [0.05, 0.1) is 22.6 Å². The first kappa shape index (κ1) is 27.3. The lowest BCUT2D eigenvalue weighted by atomic mass is 9.94. The van der Waals surface area contributed by atoms with Crippen molar-refractivity contribution in [2.24, 2.45) is 0 Å². The molecular weight excluding hydrogens is 560 g/mol. The van der Waals surface area contributed by atoms with Crippen LogP contribution in [0, 0.1) is 0 Å². The van der Waals surface area contributed by atoms with Crippen LogP contribution < -0.4 is 0 Å². The molecule has 0 unspecified atom stereocenters. The molecule has 4 heteroatoms. The van der Waals surface area contributed by atoms with Gasteiger partial charge >= 0.3 is 0 Å². The van der Waals surface area contributed by atoms with Crippen molar-refractivity contribution >= 4 is 10.9 Å². The van der Waals surface area contributed by atoms with Crippen LogP contribution in [0.3, 0.4) is 0 Å². The molecule has 0 spiro atoms. The van der Waals surface area contributed by atoms with E-state index in [2.05, 4.69) is 101 Å². The molecule has 4 nitrogen and oxygen atoms in total. The third-order valence-electron chi connectivity index (χ3n) is 8.20. The van der Waals surface area contributed by atoms with Crippen molar-refractivity contribution in [2.45, 2.75) is 0 Å². The van der Waals surface area contributed by atoms with Crippen LogP contribution in [0.25, 0.3) is 78.3 Å². The number of rotatable bonds is 6. The summed E-state index contributed by atoms with van der Waals surface area (Å²) in [6.45, 7) is 0. The Labute approximate surface area is 267 Å². The minimum atomic E-state index is 0.691. The number of aromatic nitrogens is 4. The van der Waals surface area contributed by atoms with Crippen molar-refractivity contribution in [3.8, 4) is 67.4 Å². The molecule has 0 aliphatic rings. The second-order valence-corrected chi connectivity index (χ2v) is 11.2. The summed E-state index contributed by atoms with van der Waals surface area (Å²) in [6.07, 6.45) is 3.65. The van der Waals surface area contributed by atoms with Gasteiger partial charge in [0.25, 0.3) is 0 Å². The first-order valence-corrected chi connectivity index (χ1v) is 15.3. The number of para-hydroxylation sites is 1. The van der Waals surface area contributed by atoms with E-state index >= 15 is 0 Å². The molecule has 8 rings (SSSR count). The fourth-order valence-corrected chi connectivity index (χ4v) is 5.85. The topological polar surface area (TPSA) is 51.6 Å². The van der Waals surface area contributed by atoms with E-state index in [1.54, 1.807) is 0 Å². The molecule has 5 aromatic carbocycles. The van der Waals surface area contributed by atoms with E-state index in [0.29, 0.717) is 5.82 Å². The van der Waals surface area contributed by atoms with Crippen LogP contribution in [0.5, 0.6) is 0 Å². The molecule has 0 radical (unpaired) electrons. The van der Waals surface area contributed by atoms with Crippen molar-refractivity contribution < 1.29 is 0 Å². The minimum absolute atomic E-state index is 0.691. The smallest absolute Gasteiger partial charge is 0.160 e. The average molecular weight is 589 g/mol. The molecule has 0 amide bonds. The molecule has 3 aromatic heterocycles. The molecular formula is C42H28N4. The second-order valence-electron chi connectivity index (χ2n) is 11.2. The molecule has 216 valence electrons. The standard InChI is InChI=1S/C42H28N4/c1-2-10-33(11-3-1)41-37-12-4-5-15-40(37)45-42(46-41)36-27-34(29-16-20-31(21-17-29)38-13-6-8-24-43-38)26-35(28-36)30-18-22-32(23-19-30)39-14-7-9-25-44-39/h1-28H. The lowest BCUT2D eigenvalue weighted by molar-refractivity contribution is 1.23. The van der Waals surface area contributed by atoms with E-state index in [1.807, 2.05) is 79.1 Å². The van der Waals surface area contributed by atoms with E-state index in [4.69, 9.17) is 9.97 Å². The molecule has 0 bridgehead atoms. The summed E-state index contributed by atoms with van der Waals surface area (Å²) in [5.74, 6) is 0.691. The van der Waals surface area contributed by atoms with Crippen molar-refractivity contribution in [3.05, 3.63) is 170 Å². The first-order chi connectivity index (χ1) is 22.8. The molecule has 3 heterocycles. The van der Waals surface area contributed by atoms with Gasteiger partial charge in [0, 0.05) is 40.0 Å². The number of nitrogens with zero attached hydrogens (tertiary/aromatic N) is 4. The van der Waals surface area contributed by atoms with E-state index in [-0.39, 0.29) is 0 Å². The highest BCUT2D eigenvalue weighted by atomic mass is 14.9. The fourth-order valence-electron chi connectivity index (χ4n) is 5.85. The summed E-state index contributed by atoms with van der Waals surface area (Å²) in [5, 5.41) is 1.03. The number of hydrogen-bond donors (Lipinski definition) is 0. The van der Waals surface area contributed by atoms with Gasteiger partial charge < -0.3 is 0 Å². The zero-order valence-corrected chi connectivity index (χ0v) is 25.0. The zero-order chi connectivity index (χ0) is 30.7. The molecule has 0 N–H and O–H groups in total. The lowest BCUT2D eigenvalue weighted by Gasteiger charge is -2.13. The van der Waals surface area contributed by atoms with E-state index < -0.39 is 0 Å². The number of hydrogen-bond acceptors (Lipinski definition) is 4. The Balaban J connectivity index is 1.28. The highest BCUT2D eigenvalue weighted by Gasteiger charge is 2.14. The molecule has 8 aromatic rings. The van der Waals surface area contributed by atoms with Crippen molar-refractivity contribution in [1.29, 1.82) is 0 Å². The van der Waals surface area contributed by atoms with Gasteiger partial charge in [0.15, 0.2) is 5.82 Å². The Bertz CT molecular complexity index is 2160. The normalized spacial score (nSPS) is 11.0. The summed E-state index contributed by atoms with van der Waals surface area (Å²) in [7, 11) is 0. The van der Waals surface area contributed by atoms with E-state index in [0.717, 1.165) is 72.5 Å². The predicted molar refractivity (Wildman–Crippen MR) is 188 cm³/mol. The molecule has 0 aliphatic carbocycles. The summed E-state index contributed by atoms with van der Waals surface area (Å²) >= 11 is 0. The molecule has 0 saturated heterocycles. The van der Waals surface area contributed by atoms with E-state index in [1.165, 1.54) is 0 Å². The summed E-state index contributed by atoms with van der Waals surface area (Å²) in [5.41, 5.74) is 12.3. The Kier molecular flexibility index (Phi) is 7.14. The lowest BCUT2D eigenvalue weighted by Crippen LogP contribution is -1.96. The fraction of sp³-hybridized carbons (Fsp3) is 0. The highest BCUT2D eigenvalue weighted by Crippen LogP contribution is 2.35. The number of benzene rings is 5. The molecule has 0 saturated carbocycles. The Morgan fingerprint density at radius 2 is 0.826 bits per heavy atom. The van der Waals surface area contributed by atoms with Gasteiger partial charge in [-0.2, -0.15) is 0 Å². The van der Waals surface area contributed by atoms with Crippen molar-refractivity contribution in [1.82, 2.24) is 19.9 Å². The molecule has 46 heavy (non-hydrogen) atoms. The van der Waals surface area contributed by atoms with Crippen LogP contribution in [0.1, 0.15) is 0 Å². The summed E-state index contributed by atoms with van der Waals surface area (Å²) < 4.78 is 0. The number of pyridine rings is 2. The number of fused-ring (bicyclic) bond motifs is 1. The van der Waals surface area contributed by atoms with Gasteiger partial charge in [-0.25, -0.2) is 9.97 Å². The maximum absolute atomic E-state index is 5.19. The average Bonchev–Trinajstić information content (AvgIpc) is 3.15. The quantitative estimate of drug-likeness (QED) is 0.194. The van der Waals surface area contributed by atoms with Gasteiger partial charge in [-0.3, -0.25) is 9.97 Å². The maximum Gasteiger partial charge on any atom is 0.160 e. The molecule has 0 atom stereocenters.